The van der Waals surface area contributed by atoms with Crippen molar-refractivity contribution in [2.45, 2.75) is 43.4 Å². The molecular formula is C26H31N5OS2. The van der Waals surface area contributed by atoms with Crippen LogP contribution in [0.2, 0.25) is 0 Å². The number of amides is 1. The summed E-state index contributed by atoms with van der Waals surface area (Å²) in [6, 6.07) is 6.06. The van der Waals surface area contributed by atoms with Crippen LogP contribution in [0.25, 0.3) is 10.2 Å². The van der Waals surface area contributed by atoms with Gasteiger partial charge in [-0.3, -0.25) is 4.79 Å². The van der Waals surface area contributed by atoms with Gasteiger partial charge in [0.15, 0.2) is 0 Å². The summed E-state index contributed by atoms with van der Waals surface area (Å²) in [7, 11) is 0. The Kier molecular flexibility index (Phi) is 6.07. The molecule has 2 aromatic heterocycles. The molecule has 2 aliphatic heterocycles. The van der Waals surface area contributed by atoms with Crippen LogP contribution in [-0.4, -0.2) is 58.2 Å². The number of carbonyl (C=O) groups is 1. The summed E-state index contributed by atoms with van der Waals surface area (Å²) in [5.41, 5.74) is 2.16. The molecule has 1 spiro atoms. The molecule has 1 amide bonds. The zero-order valence-corrected chi connectivity index (χ0v) is 21.3. The quantitative estimate of drug-likeness (QED) is 0.512. The highest BCUT2D eigenvalue weighted by Crippen LogP contribution is 2.37. The van der Waals surface area contributed by atoms with E-state index in [1.165, 1.54) is 24.3 Å². The summed E-state index contributed by atoms with van der Waals surface area (Å²) in [6.07, 6.45) is 12.8. The SMILES string of the molecule is CSc1cnc(C[C@H]2CC[C@H](Cc3nc4ccc(C(=O)N5CCC6(CNC6)C5)cc4s3)C2)nc1. The Labute approximate surface area is 209 Å². The third-order valence-electron chi connectivity index (χ3n) is 7.91. The molecule has 0 radical (unpaired) electrons. The summed E-state index contributed by atoms with van der Waals surface area (Å²) in [6.45, 7) is 3.86. The molecule has 4 heterocycles. The largest absolute Gasteiger partial charge is 0.338 e. The van der Waals surface area contributed by atoms with E-state index >= 15 is 0 Å². The number of thioether (sulfide) groups is 1. The van der Waals surface area contributed by atoms with Gasteiger partial charge < -0.3 is 10.2 Å². The summed E-state index contributed by atoms with van der Waals surface area (Å²) in [5, 5.41) is 4.57. The van der Waals surface area contributed by atoms with E-state index in [9.17, 15) is 4.79 Å². The molecule has 1 aromatic carbocycles. The highest BCUT2D eigenvalue weighted by molar-refractivity contribution is 7.98. The fraction of sp³-hybridized carbons (Fsp3) is 0.538. The van der Waals surface area contributed by atoms with Crippen molar-refractivity contribution >= 4 is 39.2 Å². The van der Waals surface area contributed by atoms with Gasteiger partial charge in [0.1, 0.15) is 5.82 Å². The Morgan fingerprint density at radius 1 is 1.21 bits per heavy atom. The second-order valence-electron chi connectivity index (χ2n) is 10.4. The van der Waals surface area contributed by atoms with E-state index in [0.29, 0.717) is 17.3 Å². The number of fused-ring (bicyclic) bond motifs is 1. The summed E-state index contributed by atoms with van der Waals surface area (Å²) in [4.78, 5) is 30.3. The lowest BCUT2D eigenvalue weighted by Gasteiger charge is -2.38. The maximum absolute atomic E-state index is 13.1. The monoisotopic (exact) mass is 493 g/mol. The number of benzene rings is 1. The van der Waals surface area contributed by atoms with Gasteiger partial charge in [0.05, 0.1) is 15.2 Å². The second-order valence-corrected chi connectivity index (χ2v) is 12.4. The van der Waals surface area contributed by atoms with Crippen molar-refractivity contribution < 1.29 is 4.79 Å². The van der Waals surface area contributed by atoms with Crippen molar-refractivity contribution in [3.05, 3.63) is 47.0 Å². The highest BCUT2D eigenvalue weighted by atomic mass is 32.2. The van der Waals surface area contributed by atoms with E-state index < -0.39 is 0 Å². The van der Waals surface area contributed by atoms with E-state index in [2.05, 4.69) is 27.6 Å². The summed E-state index contributed by atoms with van der Waals surface area (Å²) >= 11 is 3.45. The standard InChI is InChI=1S/C26H31N5OS2/c1-33-20-12-28-23(29-13-20)9-17-2-3-18(8-17)10-24-30-21-5-4-19(11-22(21)34-24)25(32)31-7-6-26(16-31)14-27-15-26/h4-5,11-13,17-18,27H,2-3,6-10,14-16H2,1H3/t17-,18-/m0/s1. The van der Waals surface area contributed by atoms with Gasteiger partial charge in [0.25, 0.3) is 5.91 Å². The lowest BCUT2D eigenvalue weighted by atomic mass is 9.81. The maximum Gasteiger partial charge on any atom is 0.253 e. The molecule has 1 aliphatic carbocycles. The first-order valence-corrected chi connectivity index (χ1v) is 14.4. The zero-order valence-electron chi connectivity index (χ0n) is 19.6. The number of thiazole rings is 1. The molecule has 2 atom stereocenters. The van der Waals surface area contributed by atoms with Crippen LogP contribution in [0.5, 0.6) is 0 Å². The molecule has 1 saturated carbocycles. The molecule has 3 fully saturated rings. The minimum atomic E-state index is 0.173. The van der Waals surface area contributed by atoms with Gasteiger partial charge in [-0.1, -0.05) is 0 Å². The summed E-state index contributed by atoms with van der Waals surface area (Å²) in [5.74, 6) is 2.48. The van der Waals surface area contributed by atoms with Crippen molar-refractivity contribution in [2.24, 2.45) is 17.3 Å². The van der Waals surface area contributed by atoms with Crippen molar-refractivity contribution in [2.75, 3.05) is 32.4 Å². The van der Waals surface area contributed by atoms with Gasteiger partial charge in [-0.2, -0.15) is 0 Å². The number of hydrogen-bond acceptors (Lipinski definition) is 7. The third kappa shape index (κ3) is 4.48. The molecule has 6 nitrogen and oxygen atoms in total. The number of hydrogen-bond donors (Lipinski definition) is 1. The van der Waals surface area contributed by atoms with Crippen LogP contribution in [0.1, 0.15) is 46.9 Å². The topological polar surface area (TPSA) is 71.0 Å². The lowest BCUT2D eigenvalue weighted by Crippen LogP contribution is -2.55. The first-order chi connectivity index (χ1) is 16.6. The first kappa shape index (κ1) is 22.4. The van der Waals surface area contributed by atoms with Gasteiger partial charge in [0, 0.05) is 67.3 Å². The average molecular weight is 494 g/mol. The molecular weight excluding hydrogens is 462 g/mol. The predicted molar refractivity (Wildman–Crippen MR) is 137 cm³/mol. The van der Waals surface area contributed by atoms with Crippen LogP contribution in [-0.2, 0) is 12.8 Å². The number of nitrogens with zero attached hydrogens (tertiary/aromatic N) is 4. The number of carbonyl (C=O) groups excluding carboxylic acids is 1. The molecule has 0 unspecified atom stereocenters. The van der Waals surface area contributed by atoms with E-state index in [0.717, 1.165) is 71.9 Å². The molecule has 34 heavy (non-hydrogen) atoms. The molecule has 1 N–H and O–H groups in total. The first-order valence-electron chi connectivity index (χ1n) is 12.3. The molecule has 0 bridgehead atoms. The van der Waals surface area contributed by atoms with Gasteiger partial charge in [-0.15, -0.1) is 23.1 Å². The van der Waals surface area contributed by atoms with Crippen LogP contribution in [0.3, 0.4) is 0 Å². The molecule has 3 aliphatic rings. The van der Waals surface area contributed by atoms with Gasteiger partial charge in [-0.05, 0) is 62.0 Å². The number of nitrogens with one attached hydrogen (secondary N) is 1. The Morgan fingerprint density at radius 3 is 2.71 bits per heavy atom. The van der Waals surface area contributed by atoms with Crippen molar-refractivity contribution in [1.29, 1.82) is 0 Å². The van der Waals surface area contributed by atoms with Crippen LogP contribution >= 0.6 is 23.1 Å². The van der Waals surface area contributed by atoms with Crippen molar-refractivity contribution in [1.82, 2.24) is 25.2 Å². The van der Waals surface area contributed by atoms with Gasteiger partial charge >= 0.3 is 0 Å². The van der Waals surface area contributed by atoms with Gasteiger partial charge in [0.2, 0.25) is 0 Å². The third-order valence-corrected chi connectivity index (χ3v) is 9.63. The minimum absolute atomic E-state index is 0.173. The Hall–Kier alpha value is -2.03. The zero-order chi connectivity index (χ0) is 23.1. The molecule has 3 aromatic rings. The smallest absolute Gasteiger partial charge is 0.253 e. The van der Waals surface area contributed by atoms with E-state index in [4.69, 9.17) is 4.98 Å². The number of likely N-dealkylation sites (tertiary alicyclic amines) is 1. The van der Waals surface area contributed by atoms with E-state index in [-0.39, 0.29) is 5.91 Å². The van der Waals surface area contributed by atoms with Crippen LogP contribution in [0.4, 0.5) is 0 Å². The fourth-order valence-corrected chi connectivity index (χ4v) is 7.30. The van der Waals surface area contributed by atoms with Gasteiger partial charge in [-0.25, -0.2) is 15.0 Å². The Morgan fingerprint density at radius 2 is 2.00 bits per heavy atom. The number of rotatable bonds is 6. The number of aromatic nitrogens is 3. The Bertz CT molecular complexity index is 1190. The Balaban J connectivity index is 1.07. The normalized spacial score (nSPS) is 23.6. The van der Waals surface area contributed by atoms with Crippen LogP contribution in [0, 0.1) is 17.3 Å². The van der Waals surface area contributed by atoms with E-state index in [1.807, 2.05) is 29.4 Å². The van der Waals surface area contributed by atoms with Crippen molar-refractivity contribution in [3.63, 3.8) is 0 Å². The van der Waals surface area contributed by atoms with Crippen molar-refractivity contribution in [3.8, 4) is 0 Å². The highest BCUT2D eigenvalue weighted by Gasteiger charge is 2.44. The minimum Gasteiger partial charge on any atom is -0.338 e. The van der Waals surface area contributed by atoms with Crippen LogP contribution in [0.15, 0.2) is 35.5 Å². The molecule has 178 valence electrons. The molecule has 6 rings (SSSR count). The lowest BCUT2D eigenvalue weighted by molar-refractivity contribution is 0.0752. The molecule has 8 heteroatoms. The molecule has 2 saturated heterocycles. The fourth-order valence-electron chi connectivity index (χ4n) is 5.86. The van der Waals surface area contributed by atoms with E-state index in [1.54, 1.807) is 23.1 Å². The van der Waals surface area contributed by atoms with Crippen LogP contribution < -0.4 is 5.32 Å². The second kappa shape index (κ2) is 9.21. The average Bonchev–Trinajstić information content (AvgIpc) is 3.56. The summed E-state index contributed by atoms with van der Waals surface area (Å²) < 4.78 is 1.14. The maximum atomic E-state index is 13.1. The predicted octanol–water partition coefficient (Wildman–Crippen LogP) is 4.45.